The first-order chi connectivity index (χ1) is 9.97. The number of nitrogens with one attached hydrogen (secondary N) is 1. The van der Waals surface area contributed by atoms with Crippen LogP contribution in [0.4, 0.5) is 5.69 Å². The summed E-state index contributed by atoms with van der Waals surface area (Å²) in [6.07, 6.45) is 2.67. The molecule has 5 heteroatoms. The van der Waals surface area contributed by atoms with Crippen molar-refractivity contribution in [2.45, 2.75) is 20.8 Å². The average Bonchev–Trinajstić information content (AvgIpc) is 2.43. The Hall–Kier alpha value is -2.30. The molecule has 114 valence electrons. The van der Waals surface area contributed by atoms with Crippen molar-refractivity contribution < 1.29 is 14.7 Å². The van der Waals surface area contributed by atoms with Gasteiger partial charge in [0.25, 0.3) is 0 Å². The zero-order valence-electron chi connectivity index (χ0n) is 12.7. The minimum Gasteiger partial charge on any atom is -0.478 e. The summed E-state index contributed by atoms with van der Waals surface area (Å²) in [5.41, 5.74) is 2.82. The van der Waals surface area contributed by atoms with Crippen LogP contribution in [0.5, 0.6) is 0 Å². The third-order valence-corrected chi connectivity index (χ3v) is 3.07. The second-order valence-corrected chi connectivity index (χ2v) is 4.69. The molecule has 0 bridgehead atoms. The van der Waals surface area contributed by atoms with Gasteiger partial charge in [0.2, 0.25) is 5.91 Å². The first-order valence-electron chi connectivity index (χ1n) is 7.01. The molecule has 0 radical (unpaired) electrons. The molecule has 1 aromatic carbocycles. The second kappa shape index (κ2) is 8.09. The Balaban J connectivity index is 2.91. The molecule has 0 aliphatic carbocycles. The maximum absolute atomic E-state index is 11.7. The Kier molecular flexibility index (Phi) is 6.46. The van der Waals surface area contributed by atoms with Crippen LogP contribution in [0.3, 0.4) is 0 Å². The molecule has 0 heterocycles. The summed E-state index contributed by atoms with van der Waals surface area (Å²) >= 11 is 0. The number of aryl methyl sites for hydroxylation is 1. The van der Waals surface area contributed by atoms with Gasteiger partial charge in [-0.2, -0.15) is 0 Å². The molecule has 1 aromatic rings. The number of benzene rings is 1. The molecule has 0 aromatic heterocycles. The van der Waals surface area contributed by atoms with E-state index in [9.17, 15) is 9.59 Å². The molecule has 0 aliphatic rings. The molecule has 0 atom stereocenters. The van der Waals surface area contributed by atoms with E-state index >= 15 is 0 Å². The van der Waals surface area contributed by atoms with Gasteiger partial charge >= 0.3 is 5.97 Å². The number of carbonyl (C=O) groups is 2. The van der Waals surface area contributed by atoms with Crippen LogP contribution in [0, 0.1) is 6.92 Å². The highest BCUT2D eigenvalue weighted by Gasteiger charge is 2.11. The number of rotatable bonds is 7. The van der Waals surface area contributed by atoms with Gasteiger partial charge in [0, 0.05) is 24.9 Å². The van der Waals surface area contributed by atoms with Crippen molar-refractivity contribution in [3.05, 3.63) is 35.4 Å². The molecule has 0 aliphatic heterocycles. The van der Waals surface area contributed by atoms with Gasteiger partial charge in [-0.05, 0) is 50.1 Å². The van der Waals surface area contributed by atoms with E-state index in [1.54, 1.807) is 6.08 Å². The highest BCUT2D eigenvalue weighted by molar-refractivity contribution is 5.85. The van der Waals surface area contributed by atoms with E-state index < -0.39 is 5.97 Å². The van der Waals surface area contributed by atoms with Crippen LogP contribution in [0.25, 0.3) is 6.08 Å². The molecule has 0 saturated carbocycles. The third kappa shape index (κ3) is 5.30. The lowest BCUT2D eigenvalue weighted by atomic mass is 10.1. The Labute approximate surface area is 125 Å². The third-order valence-electron chi connectivity index (χ3n) is 3.07. The Morgan fingerprint density at radius 3 is 2.57 bits per heavy atom. The second-order valence-electron chi connectivity index (χ2n) is 4.69. The van der Waals surface area contributed by atoms with Gasteiger partial charge in [0.15, 0.2) is 0 Å². The first-order valence-corrected chi connectivity index (χ1v) is 7.01. The molecule has 0 saturated heterocycles. The highest BCUT2D eigenvalue weighted by atomic mass is 16.4. The maximum atomic E-state index is 11.7. The summed E-state index contributed by atoms with van der Waals surface area (Å²) in [6, 6.07) is 5.68. The fraction of sp³-hybridized carbons (Fsp3) is 0.375. The fourth-order valence-corrected chi connectivity index (χ4v) is 2.10. The number of carboxylic acids is 1. The molecule has 1 rings (SSSR count). The number of amides is 1. The Morgan fingerprint density at radius 1 is 1.33 bits per heavy atom. The summed E-state index contributed by atoms with van der Waals surface area (Å²) in [6.45, 7) is 7.50. The average molecular weight is 290 g/mol. The number of hydrogen-bond donors (Lipinski definition) is 2. The smallest absolute Gasteiger partial charge is 0.328 e. The molecule has 5 nitrogen and oxygen atoms in total. The lowest BCUT2D eigenvalue weighted by Gasteiger charge is -2.24. The molecular weight excluding hydrogens is 268 g/mol. The Morgan fingerprint density at radius 2 is 2.05 bits per heavy atom. The monoisotopic (exact) mass is 290 g/mol. The van der Waals surface area contributed by atoms with Gasteiger partial charge in [-0.3, -0.25) is 4.79 Å². The van der Waals surface area contributed by atoms with Gasteiger partial charge in [0.1, 0.15) is 0 Å². The highest BCUT2D eigenvalue weighted by Crippen LogP contribution is 2.21. The van der Waals surface area contributed by atoms with Gasteiger partial charge in [-0.15, -0.1) is 0 Å². The quantitative estimate of drug-likeness (QED) is 0.754. The lowest BCUT2D eigenvalue weighted by molar-refractivity contribution is -0.131. The van der Waals surface area contributed by atoms with Crippen molar-refractivity contribution in [2.75, 3.05) is 24.5 Å². The molecule has 0 unspecified atom stereocenters. The molecule has 1 amide bonds. The van der Waals surface area contributed by atoms with Gasteiger partial charge < -0.3 is 15.3 Å². The van der Waals surface area contributed by atoms with E-state index in [1.807, 2.05) is 43.9 Å². The van der Waals surface area contributed by atoms with Crippen molar-refractivity contribution in [1.29, 1.82) is 0 Å². The first kappa shape index (κ1) is 16.8. The fourth-order valence-electron chi connectivity index (χ4n) is 2.10. The SMILES string of the molecule is CCNC(=O)CN(CC)c1ccc(C=CC(=O)O)cc1C. The predicted octanol–water partition coefficient (Wildman–Crippen LogP) is 2.06. The number of anilines is 1. The normalized spacial score (nSPS) is 10.6. The molecule has 0 spiro atoms. The topological polar surface area (TPSA) is 69.6 Å². The summed E-state index contributed by atoms with van der Waals surface area (Å²) in [5.74, 6) is -0.975. The van der Waals surface area contributed by atoms with E-state index in [0.717, 1.165) is 29.4 Å². The molecule has 0 fully saturated rings. The number of carboxylic acid groups (broad SMARTS) is 1. The molecule has 2 N–H and O–H groups in total. The van der Waals surface area contributed by atoms with Crippen LogP contribution in [0.2, 0.25) is 0 Å². The van der Waals surface area contributed by atoms with Crippen LogP contribution in [0.1, 0.15) is 25.0 Å². The predicted molar refractivity (Wildman–Crippen MR) is 84.4 cm³/mol. The van der Waals surface area contributed by atoms with Gasteiger partial charge in [0.05, 0.1) is 6.54 Å². The minimum atomic E-state index is -0.969. The Bertz CT molecular complexity index is 538. The summed E-state index contributed by atoms with van der Waals surface area (Å²) < 4.78 is 0. The molecule has 21 heavy (non-hydrogen) atoms. The van der Waals surface area contributed by atoms with Crippen molar-refractivity contribution in [1.82, 2.24) is 5.32 Å². The van der Waals surface area contributed by atoms with Gasteiger partial charge in [-0.1, -0.05) is 6.07 Å². The zero-order chi connectivity index (χ0) is 15.8. The lowest BCUT2D eigenvalue weighted by Crippen LogP contribution is -2.37. The standard InChI is InChI=1S/C16H22N2O3/c1-4-17-15(19)11-18(5-2)14-8-6-13(10-12(14)3)7-9-16(20)21/h6-10H,4-5,11H2,1-3H3,(H,17,19)(H,20,21). The van der Waals surface area contributed by atoms with Crippen LogP contribution >= 0.6 is 0 Å². The maximum Gasteiger partial charge on any atom is 0.328 e. The van der Waals surface area contributed by atoms with Crippen LogP contribution < -0.4 is 10.2 Å². The van der Waals surface area contributed by atoms with E-state index in [4.69, 9.17) is 5.11 Å². The van der Waals surface area contributed by atoms with E-state index in [1.165, 1.54) is 0 Å². The van der Waals surface area contributed by atoms with E-state index in [-0.39, 0.29) is 5.91 Å². The summed E-state index contributed by atoms with van der Waals surface area (Å²) in [4.78, 5) is 24.2. The number of likely N-dealkylation sites (N-methyl/N-ethyl adjacent to an activating group) is 2. The summed E-state index contributed by atoms with van der Waals surface area (Å²) in [5, 5.41) is 11.4. The van der Waals surface area contributed by atoms with Crippen molar-refractivity contribution >= 4 is 23.6 Å². The van der Waals surface area contributed by atoms with Crippen molar-refractivity contribution in [2.24, 2.45) is 0 Å². The summed E-state index contributed by atoms with van der Waals surface area (Å²) in [7, 11) is 0. The number of aliphatic carboxylic acids is 1. The van der Waals surface area contributed by atoms with Crippen molar-refractivity contribution in [3.63, 3.8) is 0 Å². The van der Waals surface area contributed by atoms with Crippen LogP contribution in [0.15, 0.2) is 24.3 Å². The number of hydrogen-bond acceptors (Lipinski definition) is 3. The number of carbonyl (C=O) groups excluding carboxylic acids is 1. The van der Waals surface area contributed by atoms with Crippen molar-refractivity contribution in [3.8, 4) is 0 Å². The minimum absolute atomic E-state index is 0.00593. The largest absolute Gasteiger partial charge is 0.478 e. The van der Waals surface area contributed by atoms with Crippen LogP contribution in [-0.2, 0) is 9.59 Å². The van der Waals surface area contributed by atoms with E-state index in [0.29, 0.717) is 13.1 Å². The van der Waals surface area contributed by atoms with Crippen LogP contribution in [-0.4, -0.2) is 36.6 Å². The molecular formula is C16H22N2O3. The van der Waals surface area contributed by atoms with E-state index in [2.05, 4.69) is 5.32 Å². The number of nitrogens with zero attached hydrogens (tertiary/aromatic N) is 1. The zero-order valence-corrected chi connectivity index (χ0v) is 12.7. The van der Waals surface area contributed by atoms with Gasteiger partial charge in [-0.25, -0.2) is 4.79 Å².